The Kier molecular flexibility index (Phi) is 4.66. The van der Waals surface area contributed by atoms with Gasteiger partial charge in [0.2, 0.25) is 21.7 Å². The zero-order valence-corrected chi connectivity index (χ0v) is 14.3. The van der Waals surface area contributed by atoms with Gasteiger partial charge in [-0.1, -0.05) is 35.0 Å². The number of halogens is 1. The molecule has 3 rings (SSSR count). The highest BCUT2D eigenvalue weighted by Crippen LogP contribution is 2.20. The lowest BCUT2D eigenvalue weighted by Gasteiger charge is -2.14. The molecule has 1 heterocycles. The van der Waals surface area contributed by atoms with Gasteiger partial charge in [-0.2, -0.15) is 9.29 Å². The fraction of sp³-hybridized carbons (Fsp3) is 0.125. The van der Waals surface area contributed by atoms with E-state index in [9.17, 15) is 8.42 Å². The molecule has 0 unspecified atom stereocenters. The summed E-state index contributed by atoms with van der Waals surface area (Å²) in [7, 11) is -2.14. The second kappa shape index (κ2) is 6.72. The van der Waals surface area contributed by atoms with Gasteiger partial charge in [-0.15, -0.1) is 0 Å². The summed E-state index contributed by atoms with van der Waals surface area (Å²) >= 11 is 5.84. The molecule has 0 N–H and O–H groups in total. The highest BCUT2D eigenvalue weighted by molar-refractivity contribution is 7.89. The van der Waals surface area contributed by atoms with Crippen LogP contribution in [0.25, 0.3) is 11.4 Å². The van der Waals surface area contributed by atoms with E-state index in [0.29, 0.717) is 10.8 Å². The van der Waals surface area contributed by atoms with E-state index in [0.717, 1.165) is 5.56 Å². The minimum Gasteiger partial charge on any atom is -0.338 e. The first-order valence-electron chi connectivity index (χ1n) is 7.07. The molecule has 0 fully saturated rings. The van der Waals surface area contributed by atoms with Crippen molar-refractivity contribution >= 4 is 21.6 Å². The third-order valence-corrected chi connectivity index (χ3v) is 5.45. The summed E-state index contributed by atoms with van der Waals surface area (Å²) < 4.78 is 31.3. The van der Waals surface area contributed by atoms with Gasteiger partial charge < -0.3 is 4.52 Å². The molecule has 0 atom stereocenters. The van der Waals surface area contributed by atoms with Gasteiger partial charge >= 0.3 is 0 Å². The third-order valence-electron chi connectivity index (χ3n) is 3.38. The maximum Gasteiger partial charge on any atom is 0.243 e. The monoisotopic (exact) mass is 363 g/mol. The SMILES string of the molecule is CN(Cc1nc(-c2ccc(Cl)cc2)no1)S(=O)(=O)c1ccccc1. The molecule has 0 saturated carbocycles. The Balaban J connectivity index is 1.78. The van der Waals surface area contributed by atoms with Crippen molar-refractivity contribution in [2.45, 2.75) is 11.4 Å². The molecule has 0 aliphatic rings. The number of sulfonamides is 1. The van der Waals surface area contributed by atoms with Crippen LogP contribution in [0.4, 0.5) is 0 Å². The van der Waals surface area contributed by atoms with Crippen LogP contribution in [-0.4, -0.2) is 29.9 Å². The van der Waals surface area contributed by atoms with Crippen LogP contribution in [0.1, 0.15) is 5.89 Å². The number of benzene rings is 2. The molecule has 6 nitrogen and oxygen atoms in total. The molecular formula is C16H14ClN3O3S. The van der Waals surface area contributed by atoms with Crippen LogP contribution in [0.5, 0.6) is 0 Å². The minimum absolute atomic E-state index is 0.0161. The Morgan fingerprint density at radius 2 is 1.75 bits per heavy atom. The van der Waals surface area contributed by atoms with Crippen molar-refractivity contribution in [3.05, 3.63) is 65.5 Å². The van der Waals surface area contributed by atoms with Gasteiger partial charge in [0.25, 0.3) is 0 Å². The molecular weight excluding hydrogens is 350 g/mol. The molecule has 8 heteroatoms. The van der Waals surface area contributed by atoms with Crippen LogP contribution in [0.3, 0.4) is 0 Å². The van der Waals surface area contributed by atoms with Crippen molar-refractivity contribution in [3.8, 4) is 11.4 Å². The Morgan fingerprint density at radius 3 is 2.42 bits per heavy atom. The second-order valence-electron chi connectivity index (χ2n) is 5.09. The van der Waals surface area contributed by atoms with Crippen molar-refractivity contribution in [3.63, 3.8) is 0 Å². The second-order valence-corrected chi connectivity index (χ2v) is 7.57. The molecule has 2 aromatic carbocycles. The molecule has 0 saturated heterocycles. The molecule has 1 aromatic heterocycles. The Bertz CT molecular complexity index is 925. The summed E-state index contributed by atoms with van der Waals surface area (Å²) in [4.78, 5) is 4.44. The normalized spacial score (nSPS) is 11.8. The lowest BCUT2D eigenvalue weighted by atomic mass is 10.2. The Labute approximate surface area is 144 Å². The first-order valence-corrected chi connectivity index (χ1v) is 8.88. The lowest BCUT2D eigenvalue weighted by Crippen LogP contribution is -2.26. The number of nitrogens with zero attached hydrogens (tertiary/aromatic N) is 3. The number of aromatic nitrogens is 2. The lowest BCUT2D eigenvalue weighted by molar-refractivity contribution is 0.337. The molecule has 0 spiro atoms. The van der Waals surface area contributed by atoms with Crippen LogP contribution >= 0.6 is 11.6 Å². The van der Waals surface area contributed by atoms with Crippen molar-refractivity contribution in [1.82, 2.24) is 14.4 Å². The molecule has 0 aliphatic carbocycles. The predicted octanol–water partition coefficient (Wildman–Crippen LogP) is 3.21. The third kappa shape index (κ3) is 3.48. The van der Waals surface area contributed by atoms with E-state index in [1.165, 1.54) is 11.4 Å². The Hall–Kier alpha value is -2.22. The summed E-state index contributed by atoms with van der Waals surface area (Å²) in [5.41, 5.74) is 0.739. The quantitative estimate of drug-likeness (QED) is 0.695. The van der Waals surface area contributed by atoms with Crippen molar-refractivity contribution in [1.29, 1.82) is 0 Å². The number of hydrogen-bond donors (Lipinski definition) is 0. The molecule has 0 bridgehead atoms. The summed E-state index contributed by atoms with van der Waals surface area (Å²) in [6.07, 6.45) is 0. The highest BCUT2D eigenvalue weighted by atomic mass is 35.5. The highest BCUT2D eigenvalue weighted by Gasteiger charge is 2.22. The van der Waals surface area contributed by atoms with E-state index in [1.54, 1.807) is 54.6 Å². The predicted molar refractivity (Wildman–Crippen MR) is 89.8 cm³/mol. The smallest absolute Gasteiger partial charge is 0.243 e. The van der Waals surface area contributed by atoms with Crippen LogP contribution in [0, 0.1) is 0 Å². The van der Waals surface area contributed by atoms with Gasteiger partial charge in [-0.25, -0.2) is 8.42 Å². The fourth-order valence-corrected chi connectivity index (χ4v) is 3.35. The average molecular weight is 364 g/mol. The maximum atomic E-state index is 12.5. The zero-order valence-electron chi connectivity index (χ0n) is 12.8. The van der Waals surface area contributed by atoms with Gasteiger partial charge in [-0.05, 0) is 36.4 Å². The van der Waals surface area contributed by atoms with Gasteiger partial charge in [0.05, 0.1) is 11.4 Å². The fourth-order valence-electron chi connectivity index (χ4n) is 2.08. The summed E-state index contributed by atoms with van der Waals surface area (Å²) in [6.45, 7) is -0.0161. The van der Waals surface area contributed by atoms with Crippen molar-refractivity contribution < 1.29 is 12.9 Å². The van der Waals surface area contributed by atoms with Crippen LogP contribution in [0.2, 0.25) is 5.02 Å². The van der Waals surface area contributed by atoms with E-state index < -0.39 is 10.0 Å². The van der Waals surface area contributed by atoms with Gasteiger partial charge in [0.1, 0.15) is 0 Å². The molecule has 3 aromatic rings. The maximum absolute atomic E-state index is 12.5. The van der Waals surface area contributed by atoms with E-state index in [2.05, 4.69) is 10.1 Å². The van der Waals surface area contributed by atoms with E-state index in [1.807, 2.05) is 0 Å². The molecule has 0 aliphatic heterocycles. The first-order chi connectivity index (χ1) is 11.5. The molecule has 124 valence electrons. The van der Waals surface area contributed by atoms with Crippen LogP contribution in [-0.2, 0) is 16.6 Å². The van der Waals surface area contributed by atoms with E-state index >= 15 is 0 Å². The zero-order chi connectivity index (χ0) is 17.2. The van der Waals surface area contributed by atoms with E-state index in [4.69, 9.17) is 16.1 Å². The molecule has 24 heavy (non-hydrogen) atoms. The first kappa shape index (κ1) is 16.6. The Morgan fingerprint density at radius 1 is 1.08 bits per heavy atom. The van der Waals surface area contributed by atoms with Gasteiger partial charge in [0.15, 0.2) is 0 Å². The van der Waals surface area contributed by atoms with Crippen molar-refractivity contribution in [2.24, 2.45) is 0 Å². The standard InChI is InChI=1S/C16H14ClN3O3S/c1-20(24(21,22)14-5-3-2-4-6-14)11-15-18-16(19-23-15)12-7-9-13(17)10-8-12/h2-10H,11H2,1H3. The summed E-state index contributed by atoms with van der Waals surface area (Å²) in [5.74, 6) is 0.592. The van der Waals surface area contributed by atoms with Gasteiger partial charge in [0, 0.05) is 17.6 Å². The topological polar surface area (TPSA) is 76.3 Å². The minimum atomic E-state index is -3.61. The molecule has 0 radical (unpaired) electrons. The number of hydrogen-bond acceptors (Lipinski definition) is 5. The van der Waals surface area contributed by atoms with Crippen molar-refractivity contribution in [2.75, 3.05) is 7.05 Å². The molecule has 0 amide bonds. The average Bonchev–Trinajstić information content (AvgIpc) is 3.04. The van der Waals surface area contributed by atoms with E-state index in [-0.39, 0.29) is 17.3 Å². The number of rotatable bonds is 5. The summed E-state index contributed by atoms with van der Waals surface area (Å²) in [6, 6.07) is 15.2. The largest absolute Gasteiger partial charge is 0.338 e. The van der Waals surface area contributed by atoms with Gasteiger partial charge in [-0.3, -0.25) is 0 Å². The summed E-state index contributed by atoms with van der Waals surface area (Å²) in [5, 5.41) is 4.48. The van der Waals surface area contributed by atoms with Crippen LogP contribution < -0.4 is 0 Å². The van der Waals surface area contributed by atoms with Crippen LogP contribution in [0.15, 0.2) is 64.0 Å².